The lowest BCUT2D eigenvalue weighted by atomic mass is 9.93. The molecule has 1 fully saturated rings. The number of hydrogen-bond donors (Lipinski definition) is 2. The zero-order valence-electron chi connectivity index (χ0n) is 10.4. The minimum Gasteiger partial charge on any atom is -0.497 e. The van der Waals surface area contributed by atoms with Crippen LogP contribution in [0.5, 0.6) is 5.75 Å². The number of hydrogen-bond acceptors (Lipinski definition) is 3. The van der Waals surface area contributed by atoms with Crippen molar-refractivity contribution in [1.29, 1.82) is 0 Å². The standard InChI is InChI=1S/C14H21NO2/c1-17-14-7-5-11(6-8-14)10-15-12-3-2-4-13(16)9-12/h5-8,12-13,15-16H,2-4,9-10H2,1H3. The number of benzene rings is 1. The summed E-state index contributed by atoms with van der Waals surface area (Å²) in [6.07, 6.45) is 4.03. The van der Waals surface area contributed by atoms with Crippen LogP contribution in [0.2, 0.25) is 0 Å². The van der Waals surface area contributed by atoms with Crippen molar-refractivity contribution in [3.63, 3.8) is 0 Å². The Labute approximate surface area is 103 Å². The van der Waals surface area contributed by atoms with Gasteiger partial charge in [-0.1, -0.05) is 12.1 Å². The number of nitrogens with one attached hydrogen (secondary N) is 1. The first-order valence-electron chi connectivity index (χ1n) is 6.32. The van der Waals surface area contributed by atoms with E-state index in [1.165, 1.54) is 12.0 Å². The second-order valence-electron chi connectivity index (χ2n) is 4.75. The minimum absolute atomic E-state index is 0.114. The minimum atomic E-state index is -0.114. The van der Waals surface area contributed by atoms with Gasteiger partial charge in [-0.05, 0) is 43.4 Å². The van der Waals surface area contributed by atoms with Crippen LogP contribution >= 0.6 is 0 Å². The van der Waals surface area contributed by atoms with Crippen molar-refractivity contribution < 1.29 is 9.84 Å². The molecule has 0 bridgehead atoms. The van der Waals surface area contributed by atoms with Gasteiger partial charge in [-0.3, -0.25) is 0 Å². The zero-order valence-corrected chi connectivity index (χ0v) is 10.4. The molecular weight excluding hydrogens is 214 g/mol. The molecule has 1 aliphatic carbocycles. The third-order valence-corrected chi connectivity index (χ3v) is 3.40. The van der Waals surface area contributed by atoms with Gasteiger partial charge in [-0.2, -0.15) is 0 Å². The van der Waals surface area contributed by atoms with E-state index in [-0.39, 0.29) is 6.10 Å². The first kappa shape index (κ1) is 12.4. The average Bonchev–Trinajstić information content (AvgIpc) is 2.37. The fraction of sp³-hybridized carbons (Fsp3) is 0.571. The Morgan fingerprint density at radius 2 is 2.06 bits per heavy atom. The lowest BCUT2D eigenvalue weighted by molar-refractivity contribution is 0.111. The van der Waals surface area contributed by atoms with E-state index < -0.39 is 0 Å². The Bertz CT molecular complexity index is 337. The van der Waals surface area contributed by atoms with Crippen LogP contribution in [-0.4, -0.2) is 24.4 Å². The molecule has 0 saturated heterocycles. The zero-order chi connectivity index (χ0) is 12.1. The summed E-state index contributed by atoms with van der Waals surface area (Å²) in [5.74, 6) is 0.891. The van der Waals surface area contributed by atoms with E-state index in [2.05, 4.69) is 17.4 Å². The van der Waals surface area contributed by atoms with Crippen LogP contribution in [0.3, 0.4) is 0 Å². The summed E-state index contributed by atoms with van der Waals surface area (Å²) < 4.78 is 5.12. The van der Waals surface area contributed by atoms with E-state index in [1.54, 1.807) is 7.11 Å². The van der Waals surface area contributed by atoms with Crippen LogP contribution in [0.25, 0.3) is 0 Å². The van der Waals surface area contributed by atoms with Gasteiger partial charge in [0.2, 0.25) is 0 Å². The fourth-order valence-electron chi connectivity index (χ4n) is 2.35. The molecule has 1 aliphatic rings. The Hall–Kier alpha value is -1.06. The number of rotatable bonds is 4. The highest BCUT2D eigenvalue weighted by Gasteiger charge is 2.19. The fourth-order valence-corrected chi connectivity index (χ4v) is 2.35. The van der Waals surface area contributed by atoms with Gasteiger partial charge in [0, 0.05) is 12.6 Å². The molecule has 3 nitrogen and oxygen atoms in total. The molecule has 94 valence electrons. The Morgan fingerprint density at radius 3 is 2.71 bits per heavy atom. The quantitative estimate of drug-likeness (QED) is 0.839. The first-order valence-corrected chi connectivity index (χ1v) is 6.32. The Morgan fingerprint density at radius 1 is 1.29 bits per heavy atom. The summed E-state index contributed by atoms with van der Waals surface area (Å²) in [6, 6.07) is 8.57. The molecule has 2 atom stereocenters. The number of aliphatic hydroxyl groups excluding tert-OH is 1. The lowest BCUT2D eigenvalue weighted by Gasteiger charge is -2.26. The Kier molecular flexibility index (Phi) is 4.40. The highest BCUT2D eigenvalue weighted by molar-refractivity contribution is 5.27. The summed E-state index contributed by atoms with van der Waals surface area (Å²) in [6.45, 7) is 0.862. The van der Waals surface area contributed by atoms with E-state index >= 15 is 0 Å². The molecule has 1 saturated carbocycles. The van der Waals surface area contributed by atoms with E-state index in [9.17, 15) is 5.11 Å². The molecule has 0 radical (unpaired) electrons. The molecule has 1 aromatic carbocycles. The van der Waals surface area contributed by atoms with Crippen molar-refractivity contribution in [2.45, 2.75) is 44.4 Å². The highest BCUT2D eigenvalue weighted by atomic mass is 16.5. The lowest BCUT2D eigenvalue weighted by Crippen LogP contribution is -2.35. The predicted octanol–water partition coefficient (Wildman–Crippen LogP) is 2.09. The maximum absolute atomic E-state index is 9.59. The van der Waals surface area contributed by atoms with Crippen molar-refractivity contribution in [1.82, 2.24) is 5.32 Å². The van der Waals surface area contributed by atoms with Crippen LogP contribution in [0.1, 0.15) is 31.2 Å². The second kappa shape index (κ2) is 6.03. The van der Waals surface area contributed by atoms with E-state index in [0.717, 1.165) is 31.6 Å². The predicted molar refractivity (Wildman–Crippen MR) is 68.1 cm³/mol. The second-order valence-corrected chi connectivity index (χ2v) is 4.75. The molecule has 17 heavy (non-hydrogen) atoms. The van der Waals surface area contributed by atoms with Gasteiger partial charge in [-0.25, -0.2) is 0 Å². The summed E-state index contributed by atoms with van der Waals surface area (Å²) in [4.78, 5) is 0. The number of aliphatic hydroxyl groups is 1. The van der Waals surface area contributed by atoms with Crippen molar-refractivity contribution in [3.8, 4) is 5.75 Å². The average molecular weight is 235 g/mol. The molecule has 2 N–H and O–H groups in total. The maximum atomic E-state index is 9.59. The first-order chi connectivity index (χ1) is 8.28. The molecule has 3 heteroatoms. The van der Waals surface area contributed by atoms with Crippen LogP contribution in [0.15, 0.2) is 24.3 Å². The molecule has 2 unspecified atom stereocenters. The van der Waals surface area contributed by atoms with Crippen molar-refractivity contribution in [3.05, 3.63) is 29.8 Å². The molecule has 0 aromatic heterocycles. The smallest absolute Gasteiger partial charge is 0.118 e. The maximum Gasteiger partial charge on any atom is 0.118 e. The molecule has 1 aromatic rings. The van der Waals surface area contributed by atoms with E-state index in [4.69, 9.17) is 4.74 Å². The Balaban J connectivity index is 1.80. The monoisotopic (exact) mass is 235 g/mol. The molecule has 0 heterocycles. The van der Waals surface area contributed by atoms with Gasteiger partial charge in [0.25, 0.3) is 0 Å². The van der Waals surface area contributed by atoms with Gasteiger partial charge >= 0.3 is 0 Å². The summed E-state index contributed by atoms with van der Waals surface area (Å²) in [5.41, 5.74) is 1.26. The number of ether oxygens (including phenoxy) is 1. The summed E-state index contributed by atoms with van der Waals surface area (Å²) >= 11 is 0. The van der Waals surface area contributed by atoms with Gasteiger partial charge in [0.1, 0.15) is 5.75 Å². The van der Waals surface area contributed by atoms with Crippen molar-refractivity contribution in [2.24, 2.45) is 0 Å². The summed E-state index contributed by atoms with van der Waals surface area (Å²) in [5, 5.41) is 13.1. The third kappa shape index (κ3) is 3.72. The molecule has 2 rings (SSSR count). The molecular formula is C14H21NO2. The number of methoxy groups -OCH3 is 1. The molecule has 0 aliphatic heterocycles. The van der Waals surface area contributed by atoms with Gasteiger partial charge < -0.3 is 15.2 Å². The molecule has 0 amide bonds. The topological polar surface area (TPSA) is 41.5 Å². The van der Waals surface area contributed by atoms with Gasteiger partial charge in [0.05, 0.1) is 13.2 Å². The highest BCUT2D eigenvalue weighted by Crippen LogP contribution is 2.19. The SMILES string of the molecule is COc1ccc(CNC2CCCC(O)C2)cc1. The van der Waals surface area contributed by atoms with Gasteiger partial charge in [-0.15, -0.1) is 0 Å². The normalized spacial score (nSPS) is 24.6. The van der Waals surface area contributed by atoms with Crippen molar-refractivity contribution in [2.75, 3.05) is 7.11 Å². The van der Waals surface area contributed by atoms with E-state index in [1.807, 2.05) is 12.1 Å². The van der Waals surface area contributed by atoms with Crippen LogP contribution in [0.4, 0.5) is 0 Å². The van der Waals surface area contributed by atoms with E-state index in [0.29, 0.717) is 6.04 Å². The van der Waals surface area contributed by atoms with Crippen molar-refractivity contribution >= 4 is 0 Å². The third-order valence-electron chi connectivity index (χ3n) is 3.40. The van der Waals surface area contributed by atoms with Gasteiger partial charge in [0.15, 0.2) is 0 Å². The summed E-state index contributed by atoms with van der Waals surface area (Å²) in [7, 11) is 1.68. The molecule has 0 spiro atoms. The van der Waals surface area contributed by atoms with Crippen LogP contribution < -0.4 is 10.1 Å². The van der Waals surface area contributed by atoms with Crippen LogP contribution in [0, 0.1) is 0 Å². The largest absolute Gasteiger partial charge is 0.497 e. The van der Waals surface area contributed by atoms with Crippen LogP contribution in [-0.2, 0) is 6.54 Å².